The van der Waals surface area contributed by atoms with E-state index in [0.717, 1.165) is 11.1 Å². The lowest BCUT2D eigenvalue weighted by Crippen LogP contribution is -2.26. The predicted octanol–water partition coefficient (Wildman–Crippen LogP) is 2.65. The molecule has 0 amide bonds. The summed E-state index contributed by atoms with van der Waals surface area (Å²) in [7, 11) is 1.33. The molecule has 1 aromatic rings. The Morgan fingerprint density at radius 3 is 2.36 bits per heavy atom. The molecule has 22 heavy (non-hydrogen) atoms. The molecule has 0 aromatic heterocycles. The SMILES string of the molecule is COC(=O)/C=C/c1ccc(C2OC2C(=O)OC(C)(C)C)cc1. The zero-order chi connectivity index (χ0) is 16.3. The third kappa shape index (κ3) is 4.43. The summed E-state index contributed by atoms with van der Waals surface area (Å²) >= 11 is 0. The molecule has 0 saturated carbocycles. The number of ether oxygens (including phenoxy) is 3. The van der Waals surface area contributed by atoms with E-state index in [1.165, 1.54) is 13.2 Å². The minimum absolute atomic E-state index is 0.256. The number of hydrogen-bond donors (Lipinski definition) is 0. The average molecular weight is 304 g/mol. The first-order valence-electron chi connectivity index (χ1n) is 7.04. The molecule has 0 radical (unpaired) electrons. The summed E-state index contributed by atoms with van der Waals surface area (Å²) in [6, 6.07) is 7.43. The molecule has 1 fully saturated rings. The molecule has 2 rings (SSSR count). The lowest BCUT2D eigenvalue weighted by atomic mass is 10.1. The zero-order valence-corrected chi connectivity index (χ0v) is 13.2. The van der Waals surface area contributed by atoms with E-state index in [1.54, 1.807) is 6.08 Å². The van der Waals surface area contributed by atoms with Crippen molar-refractivity contribution in [2.24, 2.45) is 0 Å². The normalized spacial score (nSPS) is 20.7. The second kappa shape index (κ2) is 6.32. The second-order valence-corrected chi connectivity index (χ2v) is 6.03. The summed E-state index contributed by atoms with van der Waals surface area (Å²) in [6.45, 7) is 5.47. The number of esters is 2. The Kier molecular flexibility index (Phi) is 4.66. The molecule has 1 heterocycles. The highest BCUT2D eigenvalue weighted by molar-refractivity contribution is 5.86. The van der Waals surface area contributed by atoms with Gasteiger partial charge in [-0.2, -0.15) is 0 Å². The number of carbonyl (C=O) groups is 2. The summed E-state index contributed by atoms with van der Waals surface area (Å²) in [5.41, 5.74) is 1.26. The first-order chi connectivity index (χ1) is 10.3. The Hall–Kier alpha value is -2.14. The molecule has 1 aliphatic rings. The lowest BCUT2D eigenvalue weighted by Gasteiger charge is -2.18. The van der Waals surface area contributed by atoms with Gasteiger partial charge in [0, 0.05) is 6.08 Å². The Morgan fingerprint density at radius 1 is 1.18 bits per heavy atom. The van der Waals surface area contributed by atoms with Crippen LogP contribution in [0, 0.1) is 0 Å². The van der Waals surface area contributed by atoms with Gasteiger partial charge in [0.25, 0.3) is 0 Å². The molecular formula is C17H20O5. The van der Waals surface area contributed by atoms with Crippen molar-refractivity contribution in [2.75, 3.05) is 7.11 Å². The monoisotopic (exact) mass is 304 g/mol. The van der Waals surface area contributed by atoms with Gasteiger partial charge in [0.05, 0.1) is 7.11 Å². The lowest BCUT2D eigenvalue weighted by molar-refractivity contribution is -0.156. The minimum atomic E-state index is -0.532. The summed E-state index contributed by atoms with van der Waals surface area (Å²) in [5, 5.41) is 0. The molecule has 0 spiro atoms. The van der Waals surface area contributed by atoms with Crippen molar-refractivity contribution in [2.45, 2.75) is 38.6 Å². The highest BCUT2D eigenvalue weighted by Crippen LogP contribution is 2.40. The van der Waals surface area contributed by atoms with E-state index in [2.05, 4.69) is 4.74 Å². The minimum Gasteiger partial charge on any atom is -0.466 e. The molecule has 0 N–H and O–H groups in total. The van der Waals surface area contributed by atoms with Crippen LogP contribution in [0.3, 0.4) is 0 Å². The van der Waals surface area contributed by atoms with Gasteiger partial charge < -0.3 is 14.2 Å². The van der Waals surface area contributed by atoms with Crippen LogP contribution in [-0.2, 0) is 23.8 Å². The van der Waals surface area contributed by atoms with Crippen molar-refractivity contribution < 1.29 is 23.8 Å². The molecule has 118 valence electrons. The van der Waals surface area contributed by atoms with E-state index in [-0.39, 0.29) is 12.1 Å². The van der Waals surface area contributed by atoms with Crippen LogP contribution >= 0.6 is 0 Å². The standard InChI is InChI=1S/C17H20O5/c1-17(2,3)22-16(19)15-14(21-15)12-8-5-11(6-9-12)7-10-13(18)20-4/h5-10,14-15H,1-4H3/b10-7+. The van der Waals surface area contributed by atoms with E-state index in [9.17, 15) is 9.59 Å². The van der Waals surface area contributed by atoms with Gasteiger partial charge in [-0.1, -0.05) is 24.3 Å². The van der Waals surface area contributed by atoms with Crippen LogP contribution in [0.25, 0.3) is 6.08 Å². The van der Waals surface area contributed by atoms with Crippen LogP contribution in [-0.4, -0.2) is 30.8 Å². The van der Waals surface area contributed by atoms with Gasteiger partial charge in [-0.25, -0.2) is 9.59 Å². The van der Waals surface area contributed by atoms with Crippen molar-refractivity contribution in [3.05, 3.63) is 41.5 Å². The molecule has 5 heteroatoms. The van der Waals surface area contributed by atoms with Crippen molar-refractivity contribution >= 4 is 18.0 Å². The van der Waals surface area contributed by atoms with Crippen molar-refractivity contribution in [1.29, 1.82) is 0 Å². The average Bonchev–Trinajstić information content (AvgIpc) is 3.24. The topological polar surface area (TPSA) is 65.1 Å². The van der Waals surface area contributed by atoms with Crippen LogP contribution in [0.15, 0.2) is 30.3 Å². The molecule has 1 aromatic carbocycles. The number of epoxide rings is 1. The largest absolute Gasteiger partial charge is 0.466 e. The summed E-state index contributed by atoms with van der Waals surface area (Å²) in [5.74, 6) is -0.744. The smallest absolute Gasteiger partial charge is 0.338 e. The van der Waals surface area contributed by atoms with E-state index in [0.29, 0.717) is 0 Å². The van der Waals surface area contributed by atoms with Gasteiger partial charge in [0.1, 0.15) is 11.7 Å². The quantitative estimate of drug-likeness (QED) is 0.486. The van der Waals surface area contributed by atoms with Crippen LogP contribution in [0.2, 0.25) is 0 Å². The zero-order valence-electron chi connectivity index (χ0n) is 13.2. The van der Waals surface area contributed by atoms with E-state index >= 15 is 0 Å². The highest BCUT2D eigenvalue weighted by atomic mass is 16.6. The van der Waals surface area contributed by atoms with Gasteiger partial charge >= 0.3 is 11.9 Å². The van der Waals surface area contributed by atoms with Gasteiger partial charge in [0.15, 0.2) is 6.10 Å². The number of hydrogen-bond acceptors (Lipinski definition) is 5. The molecule has 5 nitrogen and oxygen atoms in total. The second-order valence-electron chi connectivity index (χ2n) is 6.03. The van der Waals surface area contributed by atoms with Gasteiger partial charge in [-0.15, -0.1) is 0 Å². The van der Waals surface area contributed by atoms with E-state index < -0.39 is 17.7 Å². The molecule has 2 unspecified atom stereocenters. The summed E-state index contributed by atoms with van der Waals surface area (Å²) < 4.78 is 15.2. The third-order valence-electron chi connectivity index (χ3n) is 3.01. The van der Waals surface area contributed by atoms with Crippen LogP contribution < -0.4 is 0 Å². The van der Waals surface area contributed by atoms with Crippen molar-refractivity contribution in [3.8, 4) is 0 Å². The van der Waals surface area contributed by atoms with Gasteiger partial charge in [-0.05, 0) is 38.0 Å². The van der Waals surface area contributed by atoms with Crippen LogP contribution in [0.5, 0.6) is 0 Å². The Morgan fingerprint density at radius 2 is 1.82 bits per heavy atom. The van der Waals surface area contributed by atoms with Gasteiger partial charge in [-0.3, -0.25) is 0 Å². The van der Waals surface area contributed by atoms with Crippen molar-refractivity contribution in [3.63, 3.8) is 0 Å². The van der Waals surface area contributed by atoms with E-state index in [4.69, 9.17) is 9.47 Å². The molecular weight excluding hydrogens is 284 g/mol. The molecule has 2 atom stereocenters. The van der Waals surface area contributed by atoms with E-state index in [1.807, 2.05) is 45.0 Å². The molecule has 1 saturated heterocycles. The van der Waals surface area contributed by atoms with Crippen LogP contribution in [0.4, 0.5) is 0 Å². The Bertz CT molecular complexity index is 580. The summed E-state index contributed by atoms with van der Waals surface area (Å²) in [4.78, 5) is 22.9. The maximum atomic E-state index is 11.9. The molecule has 1 aliphatic heterocycles. The number of carbonyl (C=O) groups excluding carboxylic acids is 2. The number of rotatable bonds is 4. The third-order valence-corrected chi connectivity index (χ3v) is 3.01. The Labute approximate surface area is 129 Å². The fourth-order valence-corrected chi connectivity index (χ4v) is 1.93. The molecule has 0 bridgehead atoms. The molecule has 0 aliphatic carbocycles. The number of methoxy groups -OCH3 is 1. The highest BCUT2D eigenvalue weighted by Gasteiger charge is 2.48. The van der Waals surface area contributed by atoms with Crippen LogP contribution in [0.1, 0.15) is 38.0 Å². The van der Waals surface area contributed by atoms with Gasteiger partial charge in [0.2, 0.25) is 0 Å². The first-order valence-corrected chi connectivity index (χ1v) is 7.04. The Balaban J connectivity index is 1.94. The fraction of sp³-hybridized carbons (Fsp3) is 0.412. The maximum absolute atomic E-state index is 11.9. The number of benzene rings is 1. The maximum Gasteiger partial charge on any atom is 0.338 e. The predicted molar refractivity (Wildman–Crippen MR) is 81.0 cm³/mol. The first kappa shape index (κ1) is 16.2. The van der Waals surface area contributed by atoms with Crippen molar-refractivity contribution in [1.82, 2.24) is 0 Å². The fourth-order valence-electron chi connectivity index (χ4n) is 1.93. The summed E-state index contributed by atoms with van der Waals surface area (Å²) in [6.07, 6.45) is 2.23.